The second-order valence-corrected chi connectivity index (χ2v) is 8.62. The maximum absolute atomic E-state index is 12.7. The normalized spacial score (nSPS) is 17.2. The Labute approximate surface area is 195 Å². The van der Waals surface area contributed by atoms with Crippen molar-refractivity contribution >= 4 is 17.9 Å². The molecular formula is C27H31N3O3. The van der Waals surface area contributed by atoms with E-state index in [1.807, 2.05) is 36.9 Å². The van der Waals surface area contributed by atoms with E-state index in [0.717, 1.165) is 29.7 Å². The van der Waals surface area contributed by atoms with E-state index in [4.69, 9.17) is 9.26 Å². The number of nitrogens with one attached hydrogen (secondary N) is 1. The second-order valence-electron chi connectivity index (χ2n) is 8.62. The summed E-state index contributed by atoms with van der Waals surface area (Å²) in [4.78, 5) is 14.5. The number of aromatic nitrogens is 1. The van der Waals surface area contributed by atoms with Crippen LogP contribution in [0.15, 0.2) is 64.7 Å². The Bertz CT molecular complexity index is 1120. The fraction of sp³-hybridized carbons (Fsp3) is 0.333. The number of amides is 2. The van der Waals surface area contributed by atoms with Gasteiger partial charge in [0.05, 0.1) is 6.61 Å². The number of rotatable bonds is 6. The number of urea groups is 1. The summed E-state index contributed by atoms with van der Waals surface area (Å²) in [6.07, 6.45) is 3.95. The number of anilines is 1. The molecule has 1 aliphatic heterocycles. The number of piperidine rings is 1. The van der Waals surface area contributed by atoms with Crippen molar-refractivity contribution in [2.45, 2.75) is 33.6 Å². The number of carbonyl (C=O) groups excluding carboxylic acids is 1. The first-order valence-corrected chi connectivity index (χ1v) is 11.5. The predicted molar refractivity (Wildman–Crippen MR) is 130 cm³/mol. The summed E-state index contributed by atoms with van der Waals surface area (Å²) in [6.45, 7) is 7.87. The number of carbonyl (C=O) groups is 1. The Morgan fingerprint density at radius 1 is 1.21 bits per heavy atom. The van der Waals surface area contributed by atoms with Gasteiger partial charge >= 0.3 is 6.03 Å². The van der Waals surface area contributed by atoms with Crippen LogP contribution in [-0.4, -0.2) is 35.8 Å². The van der Waals surface area contributed by atoms with E-state index in [9.17, 15) is 4.79 Å². The van der Waals surface area contributed by atoms with E-state index in [0.29, 0.717) is 31.3 Å². The van der Waals surface area contributed by atoms with Gasteiger partial charge in [-0.15, -0.1) is 0 Å². The maximum atomic E-state index is 12.7. The fourth-order valence-corrected chi connectivity index (χ4v) is 4.00. The highest BCUT2D eigenvalue weighted by Gasteiger charge is 2.25. The zero-order valence-corrected chi connectivity index (χ0v) is 19.5. The van der Waals surface area contributed by atoms with Crippen LogP contribution in [0.4, 0.5) is 10.6 Å². The number of hydrogen-bond donors (Lipinski definition) is 1. The number of nitrogens with zero attached hydrogens (tertiary/aromatic N) is 2. The Hall–Kier alpha value is -3.54. The molecular weight excluding hydrogens is 414 g/mol. The minimum Gasteiger partial charge on any atom is -0.493 e. The van der Waals surface area contributed by atoms with Gasteiger partial charge < -0.3 is 14.2 Å². The molecule has 6 nitrogen and oxygen atoms in total. The number of ether oxygens (including phenoxy) is 1. The van der Waals surface area contributed by atoms with Crippen molar-refractivity contribution in [2.24, 2.45) is 5.92 Å². The molecule has 3 aromatic rings. The van der Waals surface area contributed by atoms with Crippen molar-refractivity contribution in [3.8, 4) is 5.75 Å². The molecule has 172 valence electrons. The SMILES string of the molecule is Cc1onc(NC(=O)N2CC/C(=C\c3cccc(OCCc4ccccc4)c3)C(C)C2)c1C. The standard InChI is InChI=1S/C27H31N3O3/c1-19-18-30(27(31)28-26-20(2)21(3)33-29-26)14-12-24(19)16-23-10-7-11-25(17-23)32-15-13-22-8-5-4-6-9-22/h4-11,16-17,19H,12-15,18H2,1-3H3,(H,28,29,31)/b24-16+. The summed E-state index contributed by atoms with van der Waals surface area (Å²) >= 11 is 0. The number of hydrogen-bond acceptors (Lipinski definition) is 4. The lowest BCUT2D eigenvalue weighted by molar-refractivity contribution is 0.197. The summed E-state index contributed by atoms with van der Waals surface area (Å²) < 4.78 is 11.1. The molecule has 1 aromatic heterocycles. The van der Waals surface area contributed by atoms with Crippen LogP contribution in [0.3, 0.4) is 0 Å². The molecule has 1 saturated heterocycles. The molecule has 33 heavy (non-hydrogen) atoms. The first-order chi connectivity index (χ1) is 16.0. The van der Waals surface area contributed by atoms with Crippen LogP contribution in [0.25, 0.3) is 6.08 Å². The van der Waals surface area contributed by atoms with Gasteiger partial charge in [0.25, 0.3) is 0 Å². The van der Waals surface area contributed by atoms with Crippen molar-refractivity contribution < 1.29 is 14.1 Å². The quantitative estimate of drug-likeness (QED) is 0.515. The van der Waals surface area contributed by atoms with Gasteiger partial charge in [0, 0.05) is 25.1 Å². The van der Waals surface area contributed by atoms with Crippen LogP contribution < -0.4 is 10.1 Å². The van der Waals surface area contributed by atoms with Crippen molar-refractivity contribution in [3.63, 3.8) is 0 Å². The first-order valence-electron chi connectivity index (χ1n) is 11.5. The Morgan fingerprint density at radius 2 is 2.03 bits per heavy atom. The van der Waals surface area contributed by atoms with Crippen LogP contribution in [0.2, 0.25) is 0 Å². The molecule has 1 unspecified atom stereocenters. The predicted octanol–water partition coefficient (Wildman–Crippen LogP) is 5.87. The molecule has 2 heterocycles. The summed E-state index contributed by atoms with van der Waals surface area (Å²) in [5, 5.41) is 6.80. The molecule has 6 heteroatoms. The summed E-state index contributed by atoms with van der Waals surface area (Å²) in [5.41, 5.74) is 4.60. The van der Waals surface area contributed by atoms with Gasteiger partial charge in [-0.1, -0.05) is 66.2 Å². The monoisotopic (exact) mass is 445 g/mol. The minimum absolute atomic E-state index is 0.133. The smallest absolute Gasteiger partial charge is 0.323 e. The van der Waals surface area contributed by atoms with Crippen LogP contribution in [-0.2, 0) is 6.42 Å². The van der Waals surface area contributed by atoms with Gasteiger partial charge in [-0.05, 0) is 49.4 Å². The van der Waals surface area contributed by atoms with Crippen LogP contribution >= 0.6 is 0 Å². The third-order valence-electron chi connectivity index (χ3n) is 6.18. The summed E-state index contributed by atoms with van der Waals surface area (Å²) in [6, 6.07) is 18.4. The molecule has 1 aliphatic rings. The lowest BCUT2D eigenvalue weighted by Gasteiger charge is -2.33. The molecule has 0 radical (unpaired) electrons. The van der Waals surface area contributed by atoms with Gasteiger partial charge in [-0.25, -0.2) is 4.79 Å². The summed E-state index contributed by atoms with van der Waals surface area (Å²) in [7, 11) is 0. The van der Waals surface area contributed by atoms with Gasteiger partial charge in [-0.2, -0.15) is 0 Å². The zero-order valence-electron chi connectivity index (χ0n) is 19.5. The molecule has 2 amide bonds. The zero-order chi connectivity index (χ0) is 23.2. The molecule has 1 N–H and O–H groups in total. The largest absolute Gasteiger partial charge is 0.493 e. The minimum atomic E-state index is -0.133. The van der Waals surface area contributed by atoms with E-state index in [2.05, 4.69) is 59.9 Å². The van der Waals surface area contributed by atoms with Gasteiger partial charge in [0.1, 0.15) is 11.5 Å². The van der Waals surface area contributed by atoms with E-state index in [1.165, 1.54) is 11.1 Å². The molecule has 0 bridgehead atoms. The Kier molecular flexibility index (Phi) is 7.13. The van der Waals surface area contributed by atoms with Crippen molar-refractivity contribution in [1.82, 2.24) is 10.1 Å². The number of likely N-dealkylation sites (tertiary alicyclic amines) is 1. The fourth-order valence-electron chi connectivity index (χ4n) is 4.00. The lowest BCUT2D eigenvalue weighted by atomic mass is 9.91. The van der Waals surface area contributed by atoms with Crippen LogP contribution in [0, 0.1) is 19.8 Å². The highest BCUT2D eigenvalue weighted by Crippen LogP contribution is 2.27. The molecule has 1 fully saturated rings. The molecule has 2 aromatic carbocycles. The molecule has 0 spiro atoms. The average Bonchev–Trinajstić information content (AvgIpc) is 3.13. The number of aryl methyl sites for hydroxylation is 1. The van der Waals surface area contributed by atoms with E-state index in [-0.39, 0.29) is 11.9 Å². The first kappa shape index (κ1) is 22.6. The van der Waals surface area contributed by atoms with Crippen LogP contribution in [0.5, 0.6) is 5.75 Å². The van der Waals surface area contributed by atoms with Gasteiger partial charge in [0.2, 0.25) is 0 Å². The van der Waals surface area contributed by atoms with E-state index in [1.54, 1.807) is 0 Å². The van der Waals surface area contributed by atoms with Crippen LogP contribution in [0.1, 0.15) is 35.8 Å². The van der Waals surface area contributed by atoms with Gasteiger partial charge in [-0.3, -0.25) is 5.32 Å². The van der Waals surface area contributed by atoms with Crippen molar-refractivity contribution in [3.05, 3.63) is 82.6 Å². The molecule has 0 aliphatic carbocycles. The second kappa shape index (κ2) is 10.4. The Morgan fingerprint density at radius 3 is 2.76 bits per heavy atom. The summed E-state index contributed by atoms with van der Waals surface area (Å²) in [5.74, 6) is 2.36. The topological polar surface area (TPSA) is 67.6 Å². The average molecular weight is 446 g/mol. The van der Waals surface area contributed by atoms with E-state index < -0.39 is 0 Å². The molecule has 1 atom stereocenters. The highest BCUT2D eigenvalue weighted by molar-refractivity contribution is 5.89. The lowest BCUT2D eigenvalue weighted by Crippen LogP contribution is -2.42. The maximum Gasteiger partial charge on any atom is 0.323 e. The van der Waals surface area contributed by atoms with Gasteiger partial charge in [0.15, 0.2) is 5.82 Å². The van der Waals surface area contributed by atoms with Crippen molar-refractivity contribution in [1.29, 1.82) is 0 Å². The number of benzene rings is 2. The molecule has 0 saturated carbocycles. The van der Waals surface area contributed by atoms with Crippen molar-refractivity contribution in [2.75, 3.05) is 25.0 Å². The van der Waals surface area contributed by atoms with E-state index >= 15 is 0 Å². The highest BCUT2D eigenvalue weighted by atomic mass is 16.5. The third kappa shape index (κ3) is 5.83. The molecule has 4 rings (SSSR count). The third-order valence-corrected chi connectivity index (χ3v) is 6.18. The Balaban J connectivity index is 1.32.